The molecule has 29 heavy (non-hydrogen) atoms. The summed E-state index contributed by atoms with van der Waals surface area (Å²) in [4.78, 5) is 29.0. The molecular formula is C23H37N3O2S. The van der Waals surface area contributed by atoms with Gasteiger partial charge in [-0.25, -0.2) is 4.79 Å². The Morgan fingerprint density at radius 2 is 1.72 bits per heavy atom. The third kappa shape index (κ3) is 6.14. The minimum absolute atomic E-state index is 0.00379. The van der Waals surface area contributed by atoms with Crippen LogP contribution in [0.25, 0.3) is 0 Å². The number of benzene rings is 1. The van der Waals surface area contributed by atoms with E-state index >= 15 is 0 Å². The lowest BCUT2D eigenvalue weighted by Gasteiger charge is -2.31. The van der Waals surface area contributed by atoms with Crippen LogP contribution >= 0.6 is 11.8 Å². The minimum Gasteiger partial charge on any atom is -0.333 e. The average Bonchev–Trinajstić information content (AvgIpc) is 2.88. The van der Waals surface area contributed by atoms with Crippen LogP contribution in [-0.2, 0) is 10.2 Å². The zero-order valence-electron chi connectivity index (χ0n) is 19.2. The topological polar surface area (TPSA) is 52.7 Å². The summed E-state index contributed by atoms with van der Waals surface area (Å²) >= 11 is 1.68. The molecule has 1 aliphatic rings. The fraction of sp³-hybridized carbons (Fsp3) is 0.652. The number of thioether (sulfide) groups is 1. The average molecular weight is 420 g/mol. The minimum atomic E-state index is -0.282. The summed E-state index contributed by atoms with van der Waals surface area (Å²) in [6.07, 6.45) is 0. The quantitative estimate of drug-likeness (QED) is 0.747. The molecule has 1 heterocycles. The number of hydrogen-bond donors (Lipinski definition) is 1. The standard InChI is InChI=1S/C23H37N3O2S/c1-9-25(21(28)24-23(6,7)8)14-15-26-19(27)16(2)29-20(26)17-10-12-18(13-11-17)22(3,4)5/h10-13,16,20H,9,14-15H2,1-8H3,(H,24,28)/t16-,20+/m1/s1. The van der Waals surface area contributed by atoms with Crippen molar-refractivity contribution in [3.63, 3.8) is 0 Å². The first-order valence-electron chi connectivity index (χ1n) is 10.5. The molecule has 0 unspecified atom stereocenters. The van der Waals surface area contributed by atoms with Crippen LogP contribution in [0.5, 0.6) is 0 Å². The third-order valence-electron chi connectivity index (χ3n) is 5.07. The van der Waals surface area contributed by atoms with Gasteiger partial charge in [0.05, 0.1) is 5.25 Å². The van der Waals surface area contributed by atoms with E-state index in [0.717, 1.165) is 5.56 Å². The van der Waals surface area contributed by atoms with Gasteiger partial charge in [0.25, 0.3) is 0 Å². The number of carbonyl (C=O) groups is 2. The molecule has 1 saturated heterocycles. The number of rotatable bonds is 5. The van der Waals surface area contributed by atoms with Gasteiger partial charge in [0.2, 0.25) is 5.91 Å². The van der Waals surface area contributed by atoms with Crippen molar-refractivity contribution in [2.75, 3.05) is 19.6 Å². The van der Waals surface area contributed by atoms with Crippen molar-refractivity contribution >= 4 is 23.7 Å². The Bertz CT molecular complexity index is 719. The van der Waals surface area contributed by atoms with Crippen molar-refractivity contribution < 1.29 is 9.59 Å². The Labute approximate surface area is 180 Å². The van der Waals surface area contributed by atoms with E-state index in [1.54, 1.807) is 16.7 Å². The molecule has 162 valence electrons. The Balaban J connectivity index is 2.12. The molecule has 0 bridgehead atoms. The SMILES string of the molecule is CCN(CCN1C(=O)[C@@H](C)S[C@H]1c1ccc(C(C)(C)C)cc1)C(=O)NC(C)(C)C. The van der Waals surface area contributed by atoms with Crippen LogP contribution < -0.4 is 5.32 Å². The van der Waals surface area contributed by atoms with Gasteiger partial charge < -0.3 is 15.1 Å². The molecule has 1 N–H and O–H groups in total. The van der Waals surface area contributed by atoms with Crippen molar-refractivity contribution in [3.8, 4) is 0 Å². The van der Waals surface area contributed by atoms with Crippen LogP contribution in [0.15, 0.2) is 24.3 Å². The molecule has 5 nitrogen and oxygen atoms in total. The lowest BCUT2D eigenvalue weighted by molar-refractivity contribution is -0.129. The lowest BCUT2D eigenvalue weighted by Crippen LogP contribution is -2.50. The van der Waals surface area contributed by atoms with E-state index in [-0.39, 0.29) is 33.5 Å². The van der Waals surface area contributed by atoms with E-state index in [1.807, 2.05) is 39.5 Å². The van der Waals surface area contributed by atoms with Crippen LogP contribution in [0.3, 0.4) is 0 Å². The first kappa shape index (κ1) is 23.6. The molecule has 0 aromatic heterocycles. The normalized spacial score (nSPS) is 20.1. The zero-order valence-corrected chi connectivity index (χ0v) is 20.0. The molecule has 0 radical (unpaired) electrons. The third-order valence-corrected chi connectivity index (χ3v) is 6.46. The molecule has 3 amide bonds. The van der Waals surface area contributed by atoms with E-state index in [2.05, 4.69) is 50.4 Å². The molecule has 6 heteroatoms. The molecule has 0 saturated carbocycles. The van der Waals surface area contributed by atoms with E-state index in [0.29, 0.717) is 19.6 Å². The maximum atomic E-state index is 12.8. The van der Waals surface area contributed by atoms with Crippen molar-refractivity contribution in [1.82, 2.24) is 15.1 Å². The van der Waals surface area contributed by atoms with Gasteiger partial charge in [-0.1, -0.05) is 45.0 Å². The zero-order chi connectivity index (χ0) is 22.0. The maximum Gasteiger partial charge on any atom is 0.317 e. The molecular weight excluding hydrogens is 382 g/mol. The highest BCUT2D eigenvalue weighted by Gasteiger charge is 2.38. The first-order chi connectivity index (χ1) is 13.3. The summed E-state index contributed by atoms with van der Waals surface area (Å²) in [5.41, 5.74) is 2.25. The molecule has 1 aromatic carbocycles. The van der Waals surface area contributed by atoms with Crippen molar-refractivity contribution in [3.05, 3.63) is 35.4 Å². The van der Waals surface area contributed by atoms with Gasteiger partial charge in [-0.05, 0) is 51.2 Å². The highest BCUT2D eigenvalue weighted by molar-refractivity contribution is 8.01. The maximum absolute atomic E-state index is 12.8. The van der Waals surface area contributed by atoms with Crippen molar-refractivity contribution in [1.29, 1.82) is 0 Å². The van der Waals surface area contributed by atoms with Crippen LogP contribution in [0.2, 0.25) is 0 Å². The Morgan fingerprint density at radius 3 is 2.21 bits per heavy atom. The highest BCUT2D eigenvalue weighted by Crippen LogP contribution is 2.43. The van der Waals surface area contributed by atoms with Gasteiger partial charge in [-0.15, -0.1) is 11.8 Å². The smallest absolute Gasteiger partial charge is 0.317 e. The first-order valence-corrected chi connectivity index (χ1v) is 11.4. The molecule has 1 aromatic rings. The summed E-state index contributed by atoms with van der Waals surface area (Å²) in [7, 11) is 0. The van der Waals surface area contributed by atoms with E-state index < -0.39 is 0 Å². The summed E-state index contributed by atoms with van der Waals surface area (Å²) in [6, 6.07) is 8.52. The van der Waals surface area contributed by atoms with Crippen LogP contribution in [-0.4, -0.2) is 52.2 Å². The number of nitrogens with one attached hydrogen (secondary N) is 1. The second-order valence-corrected chi connectivity index (χ2v) is 11.2. The van der Waals surface area contributed by atoms with Crippen LogP contribution in [0.4, 0.5) is 4.79 Å². The number of carbonyl (C=O) groups excluding carboxylic acids is 2. The number of urea groups is 1. The fourth-order valence-electron chi connectivity index (χ4n) is 3.34. The van der Waals surface area contributed by atoms with Gasteiger partial charge in [-0.3, -0.25) is 4.79 Å². The van der Waals surface area contributed by atoms with Crippen LogP contribution in [0, 0.1) is 0 Å². The number of nitrogens with zero attached hydrogens (tertiary/aromatic N) is 2. The van der Waals surface area contributed by atoms with Crippen LogP contribution in [0.1, 0.15) is 71.9 Å². The van der Waals surface area contributed by atoms with Gasteiger partial charge >= 0.3 is 6.03 Å². The largest absolute Gasteiger partial charge is 0.333 e. The van der Waals surface area contributed by atoms with Gasteiger partial charge in [0.15, 0.2) is 0 Å². The van der Waals surface area contributed by atoms with Crippen molar-refractivity contribution in [2.45, 2.75) is 77.0 Å². The van der Waals surface area contributed by atoms with Gasteiger partial charge in [-0.2, -0.15) is 0 Å². The molecule has 1 fully saturated rings. The lowest BCUT2D eigenvalue weighted by atomic mass is 9.86. The Kier molecular flexibility index (Phi) is 7.31. The summed E-state index contributed by atoms with van der Waals surface area (Å²) in [5.74, 6) is 0.146. The number of likely N-dealkylation sites (N-methyl/N-ethyl adjacent to an activating group) is 1. The predicted molar refractivity (Wildman–Crippen MR) is 122 cm³/mol. The van der Waals surface area contributed by atoms with Gasteiger partial charge in [0.1, 0.15) is 5.37 Å². The Morgan fingerprint density at radius 1 is 1.14 bits per heavy atom. The summed E-state index contributed by atoms with van der Waals surface area (Å²) < 4.78 is 0. The van der Waals surface area contributed by atoms with Crippen molar-refractivity contribution in [2.24, 2.45) is 0 Å². The highest BCUT2D eigenvalue weighted by atomic mass is 32.2. The van der Waals surface area contributed by atoms with E-state index in [4.69, 9.17) is 0 Å². The fourth-order valence-corrected chi connectivity index (χ4v) is 4.65. The number of hydrogen-bond acceptors (Lipinski definition) is 3. The number of amides is 3. The van der Waals surface area contributed by atoms with Gasteiger partial charge in [0, 0.05) is 25.2 Å². The molecule has 0 spiro atoms. The second kappa shape index (κ2) is 8.99. The summed E-state index contributed by atoms with van der Waals surface area (Å²) in [5, 5.41) is 2.93. The predicted octanol–water partition coefficient (Wildman–Crippen LogP) is 4.78. The monoisotopic (exact) mass is 419 g/mol. The molecule has 2 rings (SSSR count). The van der Waals surface area contributed by atoms with E-state index in [9.17, 15) is 9.59 Å². The molecule has 1 aliphatic heterocycles. The van der Waals surface area contributed by atoms with E-state index in [1.165, 1.54) is 5.56 Å². The Hall–Kier alpha value is -1.69. The second-order valence-electron chi connectivity index (χ2n) is 9.79. The summed E-state index contributed by atoms with van der Waals surface area (Å²) in [6.45, 7) is 18.1. The molecule has 0 aliphatic carbocycles. The molecule has 2 atom stereocenters.